The van der Waals surface area contributed by atoms with Gasteiger partial charge in [-0.25, -0.2) is 0 Å². The Bertz CT molecular complexity index is 174. The second-order valence-corrected chi connectivity index (χ2v) is 4.52. The van der Waals surface area contributed by atoms with Crippen LogP contribution in [0.25, 0.3) is 0 Å². The highest BCUT2D eigenvalue weighted by Crippen LogP contribution is 2.09. The minimum Gasteiger partial charge on any atom is -0.356 e. The molecule has 1 fully saturated rings. The molecule has 3 nitrogen and oxygen atoms in total. The highest BCUT2D eigenvalue weighted by Gasteiger charge is 2.19. The predicted octanol–water partition coefficient (Wildman–Crippen LogP) is 1.15. The van der Waals surface area contributed by atoms with Crippen LogP contribution in [0.4, 0.5) is 0 Å². The Hall–Kier alpha value is -0.570. The summed E-state index contributed by atoms with van der Waals surface area (Å²) in [6, 6.07) is 0. The fourth-order valence-corrected chi connectivity index (χ4v) is 1.70. The lowest BCUT2D eigenvalue weighted by Crippen LogP contribution is -2.40. The molecule has 1 amide bonds. The number of rotatable bonds is 4. The molecule has 0 radical (unpaired) electrons. The fourth-order valence-electron chi connectivity index (χ4n) is 1.70. The summed E-state index contributed by atoms with van der Waals surface area (Å²) in [5.74, 6) is 1.11. The number of carbonyl (C=O) groups is 1. The van der Waals surface area contributed by atoms with E-state index in [0.29, 0.717) is 5.92 Å². The molecule has 0 aromatic rings. The quantitative estimate of drug-likeness (QED) is 0.711. The van der Waals surface area contributed by atoms with Crippen molar-refractivity contribution in [3.05, 3.63) is 0 Å². The van der Waals surface area contributed by atoms with Gasteiger partial charge < -0.3 is 10.6 Å². The number of carbonyl (C=O) groups excluding carboxylic acids is 1. The predicted molar refractivity (Wildman–Crippen MR) is 58.1 cm³/mol. The fraction of sp³-hybridized carbons (Fsp3) is 0.909. The van der Waals surface area contributed by atoms with E-state index < -0.39 is 0 Å². The van der Waals surface area contributed by atoms with Crippen LogP contribution in [0, 0.1) is 11.8 Å². The first-order chi connectivity index (χ1) is 6.70. The van der Waals surface area contributed by atoms with E-state index in [0.717, 1.165) is 38.9 Å². The standard InChI is InChI=1S/C11H22N2O/c1-9(2)5-7-13-11(14)10-4-3-6-12-8-10/h9-10,12H,3-8H2,1-2H3,(H,13,14)/t10-/m0/s1. The van der Waals surface area contributed by atoms with Crippen molar-refractivity contribution < 1.29 is 4.79 Å². The molecular weight excluding hydrogens is 176 g/mol. The third kappa shape index (κ3) is 4.09. The molecule has 1 saturated heterocycles. The van der Waals surface area contributed by atoms with Gasteiger partial charge in [-0.3, -0.25) is 4.79 Å². The van der Waals surface area contributed by atoms with E-state index in [1.165, 1.54) is 0 Å². The zero-order valence-electron chi connectivity index (χ0n) is 9.31. The Morgan fingerprint density at radius 3 is 2.93 bits per heavy atom. The number of nitrogens with one attached hydrogen (secondary N) is 2. The summed E-state index contributed by atoms with van der Waals surface area (Å²) in [7, 11) is 0. The first kappa shape index (κ1) is 11.5. The van der Waals surface area contributed by atoms with Crippen LogP contribution in [0.1, 0.15) is 33.1 Å². The lowest BCUT2D eigenvalue weighted by atomic mass is 9.99. The van der Waals surface area contributed by atoms with Gasteiger partial charge in [-0.05, 0) is 31.7 Å². The molecule has 1 rings (SSSR count). The maximum absolute atomic E-state index is 11.6. The molecule has 1 atom stereocenters. The Kier molecular flexibility index (Phi) is 4.94. The molecule has 0 aromatic heterocycles. The van der Waals surface area contributed by atoms with Gasteiger partial charge in [-0.2, -0.15) is 0 Å². The van der Waals surface area contributed by atoms with Crippen LogP contribution < -0.4 is 10.6 Å². The van der Waals surface area contributed by atoms with Crippen LogP contribution in [0.15, 0.2) is 0 Å². The zero-order chi connectivity index (χ0) is 10.4. The van der Waals surface area contributed by atoms with Gasteiger partial charge in [0.2, 0.25) is 5.91 Å². The van der Waals surface area contributed by atoms with Crippen molar-refractivity contribution in [3.63, 3.8) is 0 Å². The van der Waals surface area contributed by atoms with Gasteiger partial charge in [0, 0.05) is 13.1 Å². The molecule has 1 aliphatic heterocycles. The van der Waals surface area contributed by atoms with Gasteiger partial charge >= 0.3 is 0 Å². The average Bonchev–Trinajstić information content (AvgIpc) is 2.18. The maximum atomic E-state index is 11.6. The Morgan fingerprint density at radius 1 is 1.57 bits per heavy atom. The van der Waals surface area contributed by atoms with Crippen LogP contribution in [0.5, 0.6) is 0 Å². The lowest BCUT2D eigenvalue weighted by molar-refractivity contribution is -0.125. The van der Waals surface area contributed by atoms with Crippen LogP contribution in [-0.2, 0) is 4.79 Å². The Balaban J connectivity index is 2.13. The summed E-state index contributed by atoms with van der Waals surface area (Å²) in [5, 5.41) is 6.26. The van der Waals surface area contributed by atoms with E-state index in [9.17, 15) is 4.79 Å². The lowest BCUT2D eigenvalue weighted by Gasteiger charge is -2.22. The summed E-state index contributed by atoms with van der Waals surface area (Å²) in [4.78, 5) is 11.6. The molecule has 14 heavy (non-hydrogen) atoms. The van der Waals surface area contributed by atoms with Gasteiger partial charge in [0.25, 0.3) is 0 Å². The molecular formula is C11H22N2O. The van der Waals surface area contributed by atoms with Crippen molar-refractivity contribution in [3.8, 4) is 0 Å². The molecule has 0 bridgehead atoms. The number of hydrogen-bond donors (Lipinski definition) is 2. The minimum atomic E-state index is 0.205. The third-order valence-electron chi connectivity index (χ3n) is 2.69. The SMILES string of the molecule is CC(C)CCNC(=O)[C@H]1CCCNC1. The number of amides is 1. The van der Waals surface area contributed by atoms with E-state index in [4.69, 9.17) is 0 Å². The molecule has 0 aliphatic carbocycles. The largest absolute Gasteiger partial charge is 0.356 e. The summed E-state index contributed by atoms with van der Waals surface area (Å²) >= 11 is 0. The molecule has 1 heterocycles. The summed E-state index contributed by atoms with van der Waals surface area (Å²) < 4.78 is 0. The van der Waals surface area contributed by atoms with Gasteiger partial charge in [0.1, 0.15) is 0 Å². The first-order valence-corrected chi connectivity index (χ1v) is 5.68. The van der Waals surface area contributed by atoms with Gasteiger partial charge in [-0.1, -0.05) is 13.8 Å². The minimum absolute atomic E-state index is 0.205. The molecule has 0 saturated carbocycles. The molecule has 0 aromatic carbocycles. The van der Waals surface area contributed by atoms with E-state index in [-0.39, 0.29) is 11.8 Å². The van der Waals surface area contributed by atoms with Crippen LogP contribution >= 0.6 is 0 Å². The first-order valence-electron chi connectivity index (χ1n) is 5.68. The van der Waals surface area contributed by atoms with Crippen molar-refractivity contribution >= 4 is 5.91 Å². The Morgan fingerprint density at radius 2 is 2.36 bits per heavy atom. The van der Waals surface area contributed by atoms with Crippen molar-refractivity contribution in [2.45, 2.75) is 33.1 Å². The van der Waals surface area contributed by atoms with Gasteiger partial charge in [-0.15, -0.1) is 0 Å². The van der Waals surface area contributed by atoms with E-state index >= 15 is 0 Å². The average molecular weight is 198 g/mol. The van der Waals surface area contributed by atoms with Crippen molar-refractivity contribution in [1.82, 2.24) is 10.6 Å². The second kappa shape index (κ2) is 6.02. The van der Waals surface area contributed by atoms with Crippen molar-refractivity contribution in [1.29, 1.82) is 0 Å². The monoisotopic (exact) mass is 198 g/mol. The highest BCUT2D eigenvalue weighted by atomic mass is 16.1. The topological polar surface area (TPSA) is 41.1 Å². The van der Waals surface area contributed by atoms with Crippen LogP contribution in [0.2, 0.25) is 0 Å². The van der Waals surface area contributed by atoms with E-state index in [1.807, 2.05) is 0 Å². The van der Waals surface area contributed by atoms with Crippen LogP contribution in [-0.4, -0.2) is 25.5 Å². The summed E-state index contributed by atoms with van der Waals surface area (Å²) in [6.45, 7) is 7.10. The van der Waals surface area contributed by atoms with Crippen LogP contribution in [0.3, 0.4) is 0 Å². The summed E-state index contributed by atoms with van der Waals surface area (Å²) in [6.07, 6.45) is 3.24. The van der Waals surface area contributed by atoms with E-state index in [2.05, 4.69) is 24.5 Å². The zero-order valence-corrected chi connectivity index (χ0v) is 9.31. The summed E-state index contributed by atoms with van der Waals surface area (Å²) in [5.41, 5.74) is 0. The van der Waals surface area contributed by atoms with Crippen molar-refractivity contribution in [2.75, 3.05) is 19.6 Å². The molecule has 3 heteroatoms. The van der Waals surface area contributed by atoms with Gasteiger partial charge in [0.05, 0.1) is 5.92 Å². The third-order valence-corrected chi connectivity index (χ3v) is 2.69. The van der Waals surface area contributed by atoms with E-state index in [1.54, 1.807) is 0 Å². The molecule has 82 valence electrons. The number of hydrogen-bond acceptors (Lipinski definition) is 2. The maximum Gasteiger partial charge on any atom is 0.224 e. The van der Waals surface area contributed by atoms with Gasteiger partial charge in [0.15, 0.2) is 0 Å². The smallest absolute Gasteiger partial charge is 0.224 e. The Labute approximate surface area is 86.6 Å². The second-order valence-electron chi connectivity index (χ2n) is 4.52. The normalized spacial score (nSPS) is 22.4. The number of piperidine rings is 1. The molecule has 0 unspecified atom stereocenters. The molecule has 2 N–H and O–H groups in total. The highest BCUT2D eigenvalue weighted by molar-refractivity contribution is 5.78. The molecule has 0 spiro atoms. The van der Waals surface area contributed by atoms with Crippen molar-refractivity contribution in [2.24, 2.45) is 11.8 Å². The molecule has 1 aliphatic rings.